The summed E-state index contributed by atoms with van der Waals surface area (Å²) in [7, 11) is 3.88. The van der Waals surface area contributed by atoms with Crippen LogP contribution in [0.3, 0.4) is 0 Å². The predicted octanol–water partition coefficient (Wildman–Crippen LogP) is 3.06. The van der Waals surface area contributed by atoms with E-state index in [0.29, 0.717) is 6.42 Å². The Morgan fingerprint density at radius 2 is 1.67 bits per heavy atom. The van der Waals surface area contributed by atoms with Crippen LogP contribution in [0.25, 0.3) is 0 Å². The van der Waals surface area contributed by atoms with Crippen LogP contribution in [0.1, 0.15) is 32.3 Å². The van der Waals surface area contributed by atoms with Gasteiger partial charge >= 0.3 is 0 Å². The molecule has 0 heterocycles. The summed E-state index contributed by atoms with van der Waals surface area (Å²) < 4.78 is 12.8. The molecule has 0 radical (unpaired) electrons. The highest BCUT2D eigenvalue weighted by atomic mass is 19.1. The van der Waals surface area contributed by atoms with E-state index in [2.05, 4.69) is 0 Å². The molecule has 0 unspecified atom stereocenters. The maximum Gasteiger partial charge on any atom is 0.157 e. The standard InChI is InChI=1S/C15H22FNO/c1-5-15(6-2,17(3)4)14(18)11-12-7-9-13(16)10-8-12/h7-10H,5-6,11H2,1-4H3. The number of hydrogen-bond donors (Lipinski definition) is 0. The lowest BCUT2D eigenvalue weighted by Gasteiger charge is -2.37. The SMILES string of the molecule is CCC(CC)(C(=O)Cc1ccc(F)cc1)N(C)C. The Morgan fingerprint density at radius 1 is 1.17 bits per heavy atom. The summed E-state index contributed by atoms with van der Waals surface area (Å²) in [4.78, 5) is 14.5. The maximum absolute atomic E-state index is 12.8. The van der Waals surface area contributed by atoms with Gasteiger partial charge in [0.1, 0.15) is 5.82 Å². The molecule has 0 aliphatic carbocycles. The highest BCUT2D eigenvalue weighted by molar-refractivity contribution is 5.90. The van der Waals surface area contributed by atoms with Crippen LogP contribution in [0.4, 0.5) is 4.39 Å². The predicted molar refractivity (Wildman–Crippen MR) is 72.1 cm³/mol. The molecular formula is C15H22FNO. The molecule has 1 aromatic carbocycles. The molecule has 0 spiro atoms. The molecule has 3 heteroatoms. The third-order valence-corrected chi connectivity index (χ3v) is 3.82. The van der Waals surface area contributed by atoms with Crippen LogP contribution in [0, 0.1) is 5.82 Å². The fourth-order valence-corrected chi connectivity index (χ4v) is 2.48. The molecule has 100 valence electrons. The first-order chi connectivity index (χ1) is 8.46. The van der Waals surface area contributed by atoms with Crippen molar-refractivity contribution in [3.63, 3.8) is 0 Å². The van der Waals surface area contributed by atoms with Crippen molar-refractivity contribution in [1.29, 1.82) is 0 Å². The van der Waals surface area contributed by atoms with E-state index in [-0.39, 0.29) is 11.6 Å². The second-order valence-corrected chi connectivity index (χ2v) is 4.86. The molecule has 0 saturated carbocycles. The third-order valence-electron chi connectivity index (χ3n) is 3.82. The van der Waals surface area contributed by atoms with Crippen LogP contribution < -0.4 is 0 Å². The second-order valence-electron chi connectivity index (χ2n) is 4.86. The van der Waals surface area contributed by atoms with Crippen molar-refractivity contribution in [2.75, 3.05) is 14.1 Å². The van der Waals surface area contributed by atoms with Gasteiger partial charge in [-0.2, -0.15) is 0 Å². The zero-order valence-electron chi connectivity index (χ0n) is 11.7. The van der Waals surface area contributed by atoms with Crippen molar-refractivity contribution in [3.8, 4) is 0 Å². The van der Waals surface area contributed by atoms with Crippen LogP contribution in [0.2, 0.25) is 0 Å². The highest BCUT2D eigenvalue weighted by Gasteiger charge is 2.36. The summed E-state index contributed by atoms with van der Waals surface area (Å²) in [5, 5.41) is 0. The summed E-state index contributed by atoms with van der Waals surface area (Å²) in [6.45, 7) is 4.07. The number of carbonyl (C=O) groups is 1. The van der Waals surface area contributed by atoms with Gasteiger partial charge in [-0.25, -0.2) is 4.39 Å². The average Bonchev–Trinajstić information content (AvgIpc) is 2.34. The minimum atomic E-state index is -0.408. The number of ketones is 1. The Morgan fingerprint density at radius 3 is 2.06 bits per heavy atom. The van der Waals surface area contributed by atoms with Gasteiger partial charge in [-0.1, -0.05) is 26.0 Å². The molecule has 18 heavy (non-hydrogen) atoms. The monoisotopic (exact) mass is 251 g/mol. The third kappa shape index (κ3) is 2.96. The summed E-state index contributed by atoms with van der Waals surface area (Å²) in [6.07, 6.45) is 1.94. The largest absolute Gasteiger partial charge is 0.297 e. The van der Waals surface area contributed by atoms with Gasteiger partial charge in [-0.05, 0) is 44.6 Å². The first-order valence-corrected chi connectivity index (χ1v) is 6.41. The van der Waals surface area contributed by atoms with E-state index in [1.807, 2.05) is 32.8 Å². The summed E-state index contributed by atoms with van der Waals surface area (Å²) in [5.41, 5.74) is 0.462. The molecule has 0 aromatic heterocycles. The van der Waals surface area contributed by atoms with Crippen LogP contribution in [0.5, 0.6) is 0 Å². The van der Waals surface area contributed by atoms with Gasteiger partial charge in [0.15, 0.2) is 5.78 Å². The molecule has 0 aliphatic rings. The van der Waals surface area contributed by atoms with Gasteiger partial charge in [0.05, 0.1) is 5.54 Å². The number of benzene rings is 1. The van der Waals surface area contributed by atoms with Crippen molar-refractivity contribution in [2.45, 2.75) is 38.6 Å². The molecular weight excluding hydrogens is 229 g/mol. The van der Waals surface area contributed by atoms with E-state index in [4.69, 9.17) is 0 Å². The van der Waals surface area contributed by atoms with Gasteiger partial charge in [-0.15, -0.1) is 0 Å². The molecule has 0 atom stereocenters. The Labute approximate surface area is 109 Å². The highest BCUT2D eigenvalue weighted by Crippen LogP contribution is 2.24. The van der Waals surface area contributed by atoms with E-state index in [1.165, 1.54) is 12.1 Å². The molecule has 2 nitrogen and oxygen atoms in total. The van der Waals surface area contributed by atoms with Crippen LogP contribution >= 0.6 is 0 Å². The minimum Gasteiger partial charge on any atom is -0.297 e. The first-order valence-electron chi connectivity index (χ1n) is 6.41. The van der Waals surface area contributed by atoms with Crippen molar-refractivity contribution >= 4 is 5.78 Å². The van der Waals surface area contributed by atoms with Gasteiger partial charge < -0.3 is 0 Å². The Bertz CT molecular complexity index is 393. The average molecular weight is 251 g/mol. The van der Waals surface area contributed by atoms with E-state index >= 15 is 0 Å². The minimum absolute atomic E-state index is 0.198. The quantitative estimate of drug-likeness (QED) is 0.774. The van der Waals surface area contributed by atoms with Crippen molar-refractivity contribution < 1.29 is 9.18 Å². The molecule has 0 aliphatic heterocycles. The molecule has 0 amide bonds. The lowest BCUT2D eigenvalue weighted by atomic mass is 9.83. The summed E-state index contributed by atoms with van der Waals surface area (Å²) in [5.74, 6) is -0.0693. The molecule has 0 bridgehead atoms. The van der Waals surface area contributed by atoms with Crippen LogP contribution in [-0.4, -0.2) is 30.3 Å². The van der Waals surface area contributed by atoms with Crippen LogP contribution in [0.15, 0.2) is 24.3 Å². The number of halogens is 1. The maximum atomic E-state index is 12.8. The molecule has 1 rings (SSSR count). The van der Waals surface area contributed by atoms with Gasteiger partial charge in [-0.3, -0.25) is 9.69 Å². The lowest BCUT2D eigenvalue weighted by Crippen LogP contribution is -2.50. The summed E-state index contributed by atoms with van der Waals surface area (Å²) in [6, 6.07) is 6.16. The smallest absolute Gasteiger partial charge is 0.157 e. The zero-order chi connectivity index (χ0) is 13.8. The lowest BCUT2D eigenvalue weighted by molar-refractivity contribution is -0.129. The fraction of sp³-hybridized carbons (Fsp3) is 0.533. The number of nitrogens with zero attached hydrogens (tertiary/aromatic N) is 1. The molecule has 0 saturated heterocycles. The van der Waals surface area contributed by atoms with Gasteiger partial charge in [0.2, 0.25) is 0 Å². The van der Waals surface area contributed by atoms with E-state index < -0.39 is 5.54 Å². The topological polar surface area (TPSA) is 20.3 Å². The fourth-order valence-electron chi connectivity index (χ4n) is 2.48. The van der Waals surface area contributed by atoms with Crippen molar-refractivity contribution in [1.82, 2.24) is 4.90 Å². The van der Waals surface area contributed by atoms with Crippen molar-refractivity contribution in [2.24, 2.45) is 0 Å². The second kappa shape index (κ2) is 6.10. The van der Waals surface area contributed by atoms with Gasteiger partial charge in [0.25, 0.3) is 0 Å². The Kier molecular flexibility index (Phi) is 5.03. The van der Waals surface area contributed by atoms with E-state index in [0.717, 1.165) is 18.4 Å². The molecule has 0 N–H and O–H groups in total. The van der Waals surface area contributed by atoms with Crippen LogP contribution in [-0.2, 0) is 11.2 Å². The molecule has 1 aromatic rings. The van der Waals surface area contributed by atoms with E-state index in [9.17, 15) is 9.18 Å². The number of Topliss-reactive ketones (excluding diaryl/α,β-unsaturated/α-hetero) is 1. The number of carbonyl (C=O) groups excluding carboxylic acids is 1. The molecule has 0 fully saturated rings. The Balaban J connectivity index is 2.89. The normalized spacial score (nSPS) is 11.9. The summed E-state index contributed by atoms with van der Waals surface area (Å²) >= 11 is 0. The van der Waals surface area contributed by atoms with E-state index in [1.54, 1.807) is 12.1 Å². The number of rotatable bonds is 6. The number of hydrogen-bond acceptors (Lipinski definition) is 2. The number of likely N-dealkylation sites (N-methyl/N-ethyl adjacent to an activating group) is 1. The zero-order valence-corrected chi connectivity index (χ0v) is 11.7. The Hall–Kier alpha value is -1.22. The van der Waals surface area contributed by atoms with Crippen molar-refractivity contribution in [3.05, 3.63) is 35.6 Å². The van der Waals surface area contributed by atoms with Gasteiger partial charge in [0, 0.05) is 6.42 Å². The first kappa shape index (κ1) is 14.8.